The second kappa shape index (κ2) is 9.59. The van der Waals surface area contributed by atoms with Crippen LogP contribution in [0, 0.1) is 5.92 Å². The minimum Gasteiger partial charge on any atom is -0.340 e. The van der Waals surface area contributed by atoms with E-state index >= 15 is 0 Å². The van der Waals surface area contributed by atoms with Crippen molar-refractivity contribution >= 4 is 11.8 Å². The number of benzene rings is 2. The molecule has 2 unspecified atom stereocenters. The minimum atomic E-state index is -0.659. The molecule has 0 saturated heterocycles. The molecule has 0 fully saturated rings. The zero-order chi connectivity index (χ0) is 18.1. The monoisotopic (exact) mass is 340 g/mol. The molecule has 2 rings (SSSR count). The molecule has 0 radical (unpaired) electrons. The lowest BCUT2D eigenvalue weighted by molar-refractivity contribution is -0.137. The second-order valence-corrected chi connectivity index (χ2v) is 5.94. The zero-order valence-electron chi connectivity index (χ0n) is 14.6. The lowest BCUT2D eigenvalue weighted by Crippen LogP contribution is -2.50. The molecule has 0 spiro atoms. The van der Waals surface area contributed by atoms with Crippen LogP contribution in [0.2, 0.25) is 0 Å². The van der Waals surface area contributed by atoms with Crippen molar-refractivity contribution in [1.82, 2.24) is 10.8 Å². The van der Waals surface area contributed by atoms with Crippen molar-refractivity contribution < 1.29 is 14.4 Å². The summed E-state index contributed by atoms with van der Waals surface area (Å²) in [5, 5.41) is 2.80. The SMILES string of the molecule is CCC(C)C(NC(=O)c1ccccc1)C(=O)NOCc1ccccc1. The van der Waals surface area contributed by atoms with Gasteiger partial charge in [-0.25, -0.2) is 5.48 Å². The van der Waals surface area contributed by atoms with Gasteiger partial charge < -0.3 is 5.32 Å². The first-order valence-corrected chi connectivity index (χ1v) is 8.43. The van der Waals surface area contributed by atoms with Crippen molar-refractivity contribution in [1.29, 1.82) is 0 Å². The lowest BCUT2D eigenvalue weighted by atomic mass is 9.98. The fourth-order valence-electron chi connectivity index (χ4n) is 2.34. The molecular formula is C20H24N2O3. The average molecular weight is 340 g/mol. The van der Waals surface area contributed by atoms with E-state index in [1.165, 1.54) is 0 Å². The van der Waals surface area contributed by atoms with Crippen molar-refractivity contribution in [2.24, 2.45) is 5.92 Å². The molecule has 2 N–H and O–H groups in total. The smallest absolute Gasteiger partial charge is 0.266 e. The van der Waals surface area contributed by atoms with Gasteiger partial charge in [0.1, 0.15) is 6.04 Å². The predicted octanol–water partition coefficient (Wildman–Crippen LogP) is 3.08. The third-order valence-electron chi connectivity index (χ3n) is 4.07. The summed E-state index contributed by atoms with van der Waals surface area (Å²) < 4.78 is 0. The zero-order valence-corrected chi connectivity index (χ0v) is 14.6. The summed E-state index contributed by atoms with van der Waals surface area (Å²) >= 11 is 0. The lowest BCUT2D eigenvalue weighted by Gasteiger charge is -2.23. The predicted molar refractivity (Wildman–Crippen MR) is 96.5 cm³/mol. The molecule has 0 saturated carbocycles. The van der Waals surface area contributed by atoms with Gasteiger partial charge >= 0.3 is 0 Å². The number of nitrogens with one attached hydrogen (secondary N) is 2. The Morgan fingerprint density at radius 3 is 2.20 bits per heavy atom. The number of amides is 2. The van der Waals surface area contributed by atoms with Crippen molar-refractivity contribution in [3.63, 3.8) is 0 Å². The van der Waals surface area contributed by atoms with Crippen LogP contribution in [0.25, 0.3) is 0 Å². The number of rotatable bonds is 8. The molecule has 2 aromatic rings. The van der Waals surface area contributed by atoms with Crippen LogP contribution in [0.5, 0.6) is 0 Å². The number of carbonyl (C=O) groups excluding carboxylic acids is 2. The molecule has 2 amide bonds. The highest BCUT2D eigenvalue weighted by Crippen LogP contribution is 2.10. The summed E-state index contributed by atoms with van der Waals surface area (Å²) in [5.41, 5.74) is 3.93. The molecule has 5 heteroatoms. The van der Waals surface area contributed by atoms with Crippen LogP contribution in [0.3, 0.4) is 0 Å². The summed E-state index contributed by atoms with van der Waals surface area (Å²) in [5.74, 6) is -0.647. The molecule has 0 bridgehead atoms. The van der Waals surface area contributed by atoms with E-state index < -0.39 is 6.04 Å². The van der Waals surface area contributed by atoms with Gasteiger partial charge in [-0.3, -0.25) is 14.4 Å². The van der Waals surface area contributed by atoms with Gasteiger partial charge in [-0.1, -0.05) is 68.8 Å². The fraction of sp³-hybridized carbons (Fsp3) is 0.300. The maximum atomic E-state index is 12.4. The van der Waals surface area contributed by atoms with Gasteiger partial charge in [-0.15, -0.1) is 0 Å². The van der Waals surface area contributed by atoms with E-state index in [9.17, 15) is 9.59 Å². The van der Waals surface area contributed by atoms with Crippen LogP contribution < -0.4 is 10.8 Å². The molecule has 132 valence electrons. The molecule has 5 nitrogen and oxygen atoms in total. The Morgan fingerprint density at radius 1 is 1.00 bits per heavy atom. The fourth-order valence-corrected chi connectivity index (χ4v) is 2.34. The Balaban J connectivity index is 1.94. The number of carbonyl (C=O) groups is 2. The highest BCUT2D eigenvalue weighted by Gasteiger charge is 2.26. The van der Waals surface area contributed by atoms with Crippen LogP contribution >= 0.6 is 0 Å². The molecule has 25 heavy (non-hydrogen) atoms. The highest BCUT2D eigenvalue weighted by atomic mass is 16.6. The Bertz CT molecular complexity index is 674. The molecule has 2 atom stereocenters. The van der Waals surface area contributed by atoms with Crippen LogP contribution in [-0.2, 0) is 16.2 Å². The van der Waals surface area contributed by atoms with Crippen molar-refractivity contribution in [2.45, 2.75) is 32.9 Å². The quantitative estimate of drug-likeness (QED) is 0.726. The van der Waals surface area contributed by atoms with Gasteiger partial charge in [0, 0.05) is 5.56 Å². The maximum absolute atomic E-state index is 12.4. The molecule has 0 aliphatic rings. The van der Waals surface area contributed by atoms with E-state index in [1.807, 2.05) is 50.2 Å². The van der Waals surface area contributed by atoms with Crippen molar-refractivity contribution in [3.8, 4) is 0 Å². The van der Waals surface area contributed by atoms with E-state index in [2.05, 4.69) is 10.8 Å². The average Bonchev–Trinajstić information content (AvgIpc) is 2.66. The van der Waals surface area contributed by atoms with Crippen LogP contribution in [-0.4, -0.2) is 17.9 Å². The molecule has 0 aromatic heterocycles. The minimum absolute atomic E-state index is 0.0204. The molecule has 0 aliphatic heterocycles. The summed E-state index contributed by atoms with van der Waals surface area (Å²) in [4.78, 5) is 30.1. The molecule has 0 aliphatic carbocycles. The van der Waals surface area contributed by atoms with Gasteiger partial charge in [0.15, 0.2) is 0 Å². The standard InChI is InChI=1S/C20H24N2O3/c1-3-15(2)18(21-19(23)17-12-8-5-9-13-17)20(24)22-25-14-16-10-6-4-7-11-16/h4-13,15,18H,3,14H2,1-2H3,(H,21,23)(H,22,24). The van der Waals surface area contributed by atoms with Gasteiger partial charge in [-0.05, 0) is 23.6 Å². The van der Waals surface area contributed by atoms with E-state index in [1.54, 1.807) is 24.3 Å². The molecule has 2 aromatic carbocycles. The van der Waals surface area contributed by atoms with Gasteiger partial charge in [0.25, 0.3) is 11.8 Å². The third-order valence-corrected chi connectivity index (χ3v) is 4.07. The normalized spacial score (nSPS) is 12.9. The second-order valence-electron chi connectivity index (χ2n) is 5.94. The van der Waals surface area contributed by atoms with E-state index in [-0.39, 0.29) is 24.3 Å². The van der Waals surface area contributed by atoms with E-state index in [4.69, 9.17) is 4.84 Å². The van der Waals surface area contributed by atoms with Gasteiger partial charge in [-0.2, -0.15) is 0 Å². The van der Waals surface area contributed by atoms with Gasteiger partial charge in [0.2, 0.25) is 0 Å². The first kappa shape index (κ1) is 18.7. The van der Waals surface area contributed by atoms with Crippen molar-refractivity contribution in [2.75, 3.05) is 0 Å². The maximum Gasteiger partial charge on any atom is 0.266 e. The third kappa shape index (κ3) is 5.72. The van der Waals surface area contributed by atoms with E-state index in [0.29, 0.717) is 5.56 Å². The summed E-state index contributed by atoms with van der Waals surface area (Å²) in [6.07, 6.45) is 0.756. The van der Waals surface area contributed by atoms with E-state index in [0.717, 1.165) is 12.0 Å². The molecular weight excluding hydrogens is 316 g/mol. The first-order valence-electron chi connectivity index (χ1n) is 8.43. The van der Waals surface area contributed by atoms with Crippen LogP contribution in [0.4, 0.5) is 0 Å². The number of hydrogen-bond acceptors (Lipinski definition) is 3. The summed E-state index contributed by atoms with van der Waals surface area (Å²) in [6, 6.07) is 17.7. The van der Waals surface area contributed by atoms with Crippen LogP contribution in [0.1, 0.15) is 36.2 Å². The Hall–Kier alpha value is -2.66. The van der Waals surface area contributed by atoms with Crippen molar-refractivity contribution in [3.05, 3.63) is 71.8 Å². The summed E-state index contributed by atoms with van der Waals surface area (Å²) in [7, 11) is 0. The number of hydrogen-bond donors (Lipinski definition) is 2. The van der Waals surface area contributed by atoms with Gasteiger partial charge in [0.05, 0.1) is 6.61 Å². The van der Waals surface area contributed by atoms with Crippen LogP contribution in [0.15, 0.2) is 60.7 Å². The Kier molecular flexibility index (Phi) is 7.16. The molecule has 0 heterocycles. The topological polar surface area (TPSA) is 67.4 Å². The largest absolute Gasteiger partial charge is 0.340 e. The highest BCUT2D eigenvalue weighted by molar-refractivity contribution is 5.97. The first-order chi connectivity index (χ1) is 12.1. The Labute approximate surface area is 148 Å². The number of hydroxylamine groups is 1. The summed E-state index contributed by atoms with van der Waals surface area (Å²) in [6.45, 7) is 4.17. The Morgan fingerprint density at radius 2 is 1.60 bits per heavy atom.